The van der Waals surface area contributed by atoms with Crippen molar-refractivity contribution in [3.8, 4) is 0 Å². The summed E-state index contributed by atoms with van der Waals surface area (Å²) in [7, 11) is 3.38. The molecule has 0 spiro atoms. The van der Waals surface area contributed by atoms with Crippen molar-refractivity contribution >= 4 is 17.3 Å². The molecule has 5 heteroatoms. The zero-order valence-corrected chi connectivity index (χ0v) is 12.1. The van der Waals surface area contributed by atoms with Crippen LogP contribution in [-0.4, -0.2) is 25.0 Å². The maximum Gasteiger partial charge on any atom is 0.373 e. The maximum absolute atomic E-state index is 11.3. The van der Waals surface area contributed by atoms with E-state index < -0.39 is 5.97 Å². The van der Waals surface area contributed by atoms with Gasteiger partial charge in [-0.15, -0.1) is 11.3 Å². The second-order valence-corrected chi connectivity index (χ2v) is 5.34. The highest BCUT2D eigenvalue weighted by atomic mass is 32.1. The first-order valence-electron chi connectivity index (χ1n) is 6.02. The standard InChI is InChI=1S/C14H17NO3S/c1-10(13-5-4-8-19-13)15(2)9-11-6-7-12(18-11)14(16)17-3/h4-8,10H,9H2,1-3H3. The molecular formula is C14H17NO3S. The van der Waals surface area contributed by atoms with Gasteiger partial charge in [-0.05, 0) is 37.6 Å². The Morgan fingerprint density at radius 2 is 2.26 bits per heavy atom. The van der Waals surface area contributed by atoms with Gasteiger partial charge in [-0.2, -0.15) is 0 Å². The van der Waals surface area contributed by atoms with Crippen molar-refractivity contribution < 1.29 is 13.9 Å². The van der Waals surface area contributed by atoms with Crippen molar-refractivity contribution in [2.75, 3.05) is 14.2 Å². The van der Waals surface area contributed by atoms with E-state index in [1.54, 1.807) is 17.4 Å². The lowest BCUT2D eigenvalue weighted by molar-refractivity contribution is 0.0561. The molecule has 0 saturated heterocycles. The van der Waals surface area contributed by atoms with Crippen LogP contribution in [0.5, 0.6) is 0 Å². The smallest absolute Gasteiger partial charge is 0.373 e. The highest BCUT2D eigenvalue weighted by Crippen LogP contribution is 2.25. The first-order valence-corrected chi connectivity index (χ1v) is 6.90. The zero-order valence-electron chi connectivity index (χ0n) is 11.3. The van der Waals surface area contributed by atoms with E-state index >= 15 is 0 Å². The van der Waals surface area contributed by atoms with Crippen LogP contribution in [0, 0.1) is 0 Å². The summed E-state index contributed by atoms with van der Waals surface area (Å²) < 4.78 is 10.1. The van der Waals surface area contributed by atoms with Crippen LogP contribution in [0.25, 0.3) is 0 Å². The Kier molecular flexibility index (Phi) is 4.39. The van der Waals surface area contributed by atoms with Crippen molar-refractivity contribution in [2.45, 2.75) is 19.5 Å². The summed E-state index contributed by atoms with van der Waals surface area (Å²) in [4.78, 5) is 14.8. The van der Waals surface area contributed by atoms with Crippen LogP contribution in [-0.2, 0) is 11.3 Å². The molecule has 2 aromatic heterocycles. The number of esters is 1. The van der Waals surface area contributed by atoms with E-state index in [1.165, 1.54) is 12.0 Å². The van der Waals surface area contributed by atoms with Gasteiger partial charge in [0.1, 0.15) is 5.76 Å². The summed E-state index contributed by atoms with van der Waals surface area (Å²) in [6, 6.07) is 7.93. The van der Waals surface area contributed by atoms with Crippen LogP contribution in [0.15, 0.2) is 34.1 Å². The minimum atomic E-state index is -0.444. The highest BCUT2D eigenvalue weighted by molar-refractivity contribution is 7.10. The Balaban J connectivity index is 2.01. The summed E-state index contributed by atoms with van der Waals surface area (Å²) >= 11 is 1.74. The molecule has 2 heterocycles. The van der Waals surface area contributed by atoms with E-state index in [4.69, 9.17) is 4.42 Å². The quantitative estimate of drug-likeness (QED) is 0.787. The van der Waals surface area contributed by atoms with Gasteiger partial charge >= 0.3 is 5.97 Å². The summed E-state index contributed by atoms with van der Waals surface area (Å²) in [6.45, 7) is 2.80. The van der Waals surface area contributed by atoms with Crippen LogP contribution in [0.4, 0.5) is 0 Å². The number of thiophene rings is 1. The molecule has 1 atom stereocenters. The zero-order chi connectivity index (χ0) is 13.8. The number of furan rings is 1. The molecule has 0 bridgehead atoms. The molecule has 1 unspecified atom stereocenters. The molecule has 0 saturated carbocycles. The molecule has 102 valence electrons. The fourth-order valence-corrected chi connectivity index (χ4v) is 2.65. The lowest BCUT2D eigenvalue weighted by Crippen LogP contribution is -2.20. The molecule has 0 amide bonds. The third-order valence-corrected chi connectivity index (χ3v) is 4.11. The van der Waals surface area contributed by atoms with Gasteiger partial charge in [0.15, 0.2) is 0 Å². The summed E-state index contributed by atoms with van der Waals surface area (Å²) in [5.74, 6) is 0.557. The van der Waals surface area contributed by atoms with Crippen molar-refractivity contribution in [3.63, 3.8) is 0 Å². The van der Waals surface area contributed by atoms with Crippen molar-refractivity contribution in [3.05, 3.63) is 46.0 Å². The first kappa shape index (κ1) is 13.8. The van der Waals surface area contributed by atoms with E-state index in [-0.39, 0.29) is 5.76 Å². The number of carbonyl (C=O) groups excluding carboxylic acids is 1. The van der Waals surface area contributed by atoms with E-state index in [9.17, 15) is 4.79 Å². The second kappa shape index (κ2) is 6.04. The molecule has 0 aliphatic carbocycles. The van der Waals surface area contributed by atoms with Gasteiger partial charge in [0.2, 0.25) is 5.76 Å². The molecule has 0 fully saturated rings. The van der Waals surface area contributed by atoms with Gasteiger partial charge in [-0.3, -0.25) is 4.90 Å². The number of methoxy groups -OCH3 is 1. The van der Waals surface area contributed by atoms with E-state index in [1.807, 2.05) is 19.2 Å². The van der Waals surface area contributed by atoms with Crippen molar-refractivity contribution in [1.82, 2.24) is 4.90 Å². The summed E-state index contributed by atoms with van der Waals surface area (Å²) in [6.07, 6.45) is 0. The molecular weight excluding hydrogens is 262 g/mol. The lowest BCUT2D eigenvalue weighted by atomic mass is 10.2. The minimum Gasteiger partial charge on any atom is -0.463 e. The molecule has 0 radical (unpaired) electrons. The molecule has 19 heavy (non-hydrogen) atoms. The third kappa shape index (κ3) is 3.24. The number of nitrogens with zero attached hydrogens (tertiary/aromatic N) is 1. The van der Waals surface area contributed by atoms with Gasteiger partial charge in [0.25, 0.3) is 0 Å². The average molecular weight is 279 g/mol. The SMILES string of the molecule is COC(=O)c1ccc(CN(C)C(C)c2cccs2)o1. The first-order chi connectivity index (χ1) is 9.11. The molecule has 0 aliphatic heterocycles. The number of hydrogen-bond acceptors (Lipinski definition) is 5. The van der Waals surface area contributed by atoms with E-state index in [0.29, 0.717) is 12.6 Å². The number of carbonyl (C=O) groups is 1. The molecule has 0 aromatic carbocycles. The Morgan fingerprint density at radius 3 is 2.89 bits per heavy atom. The van der Waals surface area contributed by atoms with Gasteiger partial charge in [-0.1, -0.05) is 6.07 Å². The fourth-order valence-electron chi connectivity index (χ4n) is 1.80. The molecule has 2 aromatic rings. The fraction of sp³-hybridized carbons (Fsp3) is 0.357. The van der Waals surface area contributed by atoms with E-state index in [0.717, 1.165) is 5.76 Å². The summed E-state index contributed by atoms with van der Waals surface area (Å²) in [5, 5.41) is 2.07. The van der Waals surface area contributed by atoms with Crippen LogP contribution in [0.2, 0.25) is 0 Å². The Labute approximate surface area is 116 Å². The van der Waals surface area contributed by atoms with Crippen LogP contribution in [0.1, 0.15) is 34.2 Å². The lowest BCUT2D eigenvalue weighted by Gasteiger charge is -2.22. The predicted molar refractivity (Wildman–Crippen MR) is 74.2 cm³/mol. The van der Waals surface area contributed by atoms with Crippen molar-refractivity contribution in [1.29, 1.82) is 0 Å². The maximum atomic E-state index is 11.3. The van der Waals surface area contributed by atoms with Gasteiger partial charge < -0.3 is 9.15 Å². The summed E-state index contributed by atoms with van der Waals surface area (Å²) in [5.41, 5.74) is 0. The van der Waals surface area contributed by atoms with Gasteiger partial charge in [0, 0.05) is 10.9 Å². The Bertz CT molecular complexity index is 533. The Morgan fingerprint density at radius 1 is 1.47 bits per heavy atom. The Hall–Kier alpha value is -1.59. The number of rotatable bonds is 5. The van der Waals surface area contributed by atoms with Crippen LogP contribution in [0.3, 0.4) is 0 Å². The highest BCUT2D eigenvalue weighted by Gasteiger charge is 2.16. The molecule has 0 N–H and O–H groups in total. The van der Waals surface area contributed by atoms with Gasteiger partial charge in [-0.25, -0.2) is 4.79 Å². The third-order valence-electron chi connectivity index (χ3n) is 3.07. The monoisotopic (exact) mass is 279 g/mol. The van der Waals surface area contributed by atoms with Crippen LogP contribution >= 0.6 is 11.3 Å². The van der Waals surface area contributed by atoms with Gasteiger partial charge in [0.05, 0.1) is 13.7 Å². The number of hydrogen-bond donors (Lipinski definition) is 0. The molecule has 4 nitrogen and oxygen atoms in total. The molecule has 2 rings (SSSR count). The number of ether oxygens (including phenoxy) is 1. The van der Waals surface area contributed by atoms with E-state index in [2.05, 4.69) is 28.0 Å². The second-order valence-electron chi connectivity index (χ2n) is 4.36. The largest absolute Gasteiger partial charge is 0.463 e. The average Bonchev–Trinajstić information content (AvgIpc) is 3.07. The topological polar surface area (TPSA) is 42.7 Å². The molecule has 0 aliphatic rings. The van der Waals surface area contributed by atoms with Crippen LogP contribution < -0.4 is 0 Å². The minimum absolute atomic E-state index is 0.245. The normalized spacial score (nSPS) is 12.6. The predicted octanol–water partition coefficient (Wildman–Crippen LogP) is 3.32. The van der Waals surface area contributed by atoms with Crippen molar-refractivity contribution in [2.24, 2.45) is 0 Å².